The molecule has 0 radical (unpaired) electrons. The van der Waals surface area contributed by atoms with Crippen molar-refractivity contribution in [2.45, 2.75) is 18.9 Å². The Bertz CT molecular complexity index is 507. The van der Waals surface area contributed by atoms with E-state index in [-0.39, 0.29) is 18.6 Å². The fraction of sp³-hybridized carbons (Fsp3) is 0.467. The van der Waals surface area contributed by atoms with Gasteiger partial charge < -0.3 is 9.64 Å². The van der Waals surface area contributed by atoms with Crippen molar-refractivity contribution in [1.29, 1.82) is 0 Å². The molecule has 0 spiro atoms. The number of rotatable bonds is 2. The maximum atomic E-state index is 12.0. The number of hydrazone groups is 1. The number of hydrogen-bond donors (Lipinski definition) is 0. The summed E-state index contributed by atoms with van der Waals surface area (Å²) < 4.78 is 5.47. The van der Waals surface area contributed by atoms with Crippen LogP contribution >= 0.6 is 0 Å². The molecule has 5 nitrogen and oxygen atoms in total. The molecule has 0 bridgehead atoms. The quantitative estimate of drug-likeness (QED) is 0.816. The third-order valence-electron chi connectivity index (χ3n) is 3.84. The number of nitrogens with zero attached hydrogens (tertiary/aromatic N) is 3. The fourth-order valence-corrected chi connectivity index (χ4v) is 2.63. The predicted molar refractivity (Wildman–Crippen MR) is 76.3 cm³/mol. The van der Waals surface area contributed by atoms with E-state index in [0.29, 0.717) is 5.90 Å². The molecule has 1 amide bonds. The van der Waals surface area contributed by atoms with Crippen molar-refractivity contribution in [3.8, 4) is 0 Å². The lowest BCUT2D eigenvalue weighted by Gasteiger charge is -2.36. The topological polar surface area (TPSA) is 45.1 Å². The molecular weight excluding hydrogens is 254 g/mol. The number of piperidine rings is 1. The summed E-state index contributed by atoms with van der Waals surface area (Å²) >= 11 is 0. The lowest BCUT2D eigenvalue weighted by molar-refractivity contribution is -0.139. The molecule has 5 heteroatoms. The van der Waals surface area contributed by atoms with Gasteiger partial charge in [-0.2, -0.15) is 0 Å². The lowest BCUT2D eigenvalue weighted by atomic mass is 10.0. The molecule has 0 unspecified atom stereocenters. The average Bonchev–Trinajstić information content (AvgIpc) is 2.50. The first-order valence-corrected chi connectivity index (χ1v) is 7.01. The summed E-state index contributed by atoms with van der Waals surface area (Å²) in [5.74, 6) is 0.503. The van der Waals surface area contributed by atoms with Crippen molar-refractivity contribution in [3.63, 3.8) is 0 Å². The molecule has 1 fully saturated rings. The van der Waals surface area contributed by atoms with Gasteiger partial charge in [0, 0.05) is 5.56 Å². The van der Waals surface area contributed by atoms with Crippen molar-refractivity contribution in [2.75, 3.05) is 26.7 Å². The molecule has 1 saturated heterocycles. The van der Waals surface area contributed by atoms with Crippen LogP contribution in [0.3, 0.4) is 0 Å². The number of ether oxygens (including phenoxy) is 1. The second-order valence-electron chi connectivity index (χ2n) is 5.33. The van der Waals surface area contributed by atoms with Gasteiger partial charge in [0.05, 0.1) is 6.04 Å². The van der Waals surface area contributed by atoms with E-state index >= 15 is 0 Å². The van der Waals surface area contributed by atoms with E-state index in [1.54, 1.807) is 5.01 Å². The van der Waals surface area contributed by atoms with E-state index in [0.717, 1.165) is 31.5 Å². The maximum Gasteiger partial charge on any atom is 0.280 e. The van der Waals surface area contributed by atoms with Crippen LogP contribution in [-0.4, -0.2) is 54.5 Å². The van der Waals surface area contributed by atoms with Crippen molar-refractivity contribution in [2.24, 2.45) is 5.10 Å². The summed E-state index contributed by atoms with van der Waals surface area (Å²) in [6.45, 7) is 2.09. The van der Waals surface area contributed by atoms with Crippen molar-refractivity contribution in [3.05, 3.63) is 35.9 Å². The molecule has 2 aliphatic rings. The van der Waals surface area contributed by atoms with Gasteiger partial charge in [-0.1, -0.05) is 18.2 Å². The molecule has 0 saturated carbocycles. The monoisotopic (exact) mass is 273 g/mol. The summed E-state index contributed by atoms with van der Waals surface area (Å²) in [5, 5.41) is 6.08. The molecule has 0 atom stereocenters. The zero-order valence-corrected chi connectivity index (χ0v) is 11.7. The second-order valence-corrected chi connectivity index (χ2v) is 5.33. The molecule has 0 N–H and O–H groups in total. The highest BCUT2D eigenvalue weighted by Crippen LogP contribution is 2.19. The van der Waals surface area contributed by atoms with Crippen LogP contribution in [0.25, 0.3) is 0 Å². The minimum absolute atomic E-state index is 0.0424. The van der Waals surface area contributed by atoms with Crippen LogP contribution in [0.5, 0.6) is 0 Å². The molecule has 106 valence electrons. The molecule has 2 heterocycles. The zero-order chi connectivity index (χ0) is 13.9. The van der Waals surface area contributed by atoms with E-state index in [1.807, 2.05) is 30.3 Å². The number of hydrogen-bond acceptors (Lipinski definition) is 4. The Morgan fingerprint density at radius 2 is 1.90 bits per heavy atom. The molecular formula is C15H19N3O2. The van der Waals surface area contributed by atoms with E-state index < -0.39 is 0 Å². The van der Waals surface area contributed by atoms with Crippen molar-refractivity contribution < 1.29 is 9.53 Å². The van der Waals surface area contributed by atoms with Crippen LogP contribution in [0.4, 0.5) is 0 Å². The number of carbonyl (C=O) groups excluding carboxylic acids is 1. The Labute approximate surface area is 118 Å². The van der Waals surface area contributed by atoms with Crippen LogP contribution in [-0.2, 0) is 9.53 Å². The van der Waals surface area contributed by atoms with E-state index in [1.165, 1.54) is 0 Å². The third kappa shape index (κ3) is 2.67. The van der Waals surface area contributed by atoms with Gasteiger partial charge in [-0.3, -0.25) is 4.79 Å². The molecule has 0 aliphatic carbocycles. The van der Waals surface area contributed by atoms with Crippen LogP contribution in [0.1, 0.15) is 18.4 Å². The molecule has 0 aromatic heterocycles. The summed E-state index contributed by atoms with van der Waals surface area (Å²) in [6, 6.07) is 9.92. The van der Waals surface area contributed by atoms with Crippen molar-refractivity contribution in [1.82, 2.24) is 9.91 Å². The Kier molecular flexibility index (Phi) is 3.69. The van der Waals surface area contributed by atoms with E-state index in [4.69, 9.17) is 4.74 Å². The van der Waals surface area contributed by atoms with Gasteiger partial charge in [0.15, 0.2) is 6.61 Å². The highest BCUT2D eigenvalue weighted by molar-refractivity contribution is 5.98. The standard InChI is InChI=1S/C15H19N3O2/c1-17-9-7-13(8-10-17)18-14(19)11-20-15(16-18)12-5-3-2-4-6-12/h2-6,13H,7-11H2,1H3. The highest BCUT2D eigenvalue weighted by Gasteiger charge is 2.31. The van der Waals surface area contributed by atoms with Gasteiger partial charge in [0.25, 0.3) is 5.91 Å². The predicted octanol–water partition coefficient (Wildman–Crippen LogP) is 1.30. The summed E-state index contributed by atoms with van der Waals surface area (Å²) in [4.78, 5) is 14.3. The van der Waals surface area contributed by atoms with Crippen LogP contribution in [0, 0.1) is 0 Å². The lowest BCUT2D eigenvalue weighted by Crippen LogP contribution is -2.47. The smallest absolute Gasteiger partial charge is 0.280 e. The molecule has 2 aliphatic heterocycles. The first kappa shape index (κ1) is 13.1. The molecule has 20 heavy (non-hydrogen) atoms. The Morgan fingerprint density at radius 1 is 1.20 bits per heavy atom. The number of benzene rings is 1. The molecule has 3 rings (SSSR count). The third-order valence-corrected chi connectivity index (χ3v) is 3.84. The summed E-state index contributed by atoms with van der Waals surface area (Å²) in [7, 11) is 2.11. The first-order valence-electron chi connectivity index (χ1n) is 7.01. The van der Waals surface area contributed by atoms with Gasteiger partial charge in [0.2, 0.25) is 5.90 Å². The first-order chi connectivity index (χ1) is 9.74. The number of amides is 1. The average molecular weight is 273 g/mol. The molecule has 1 aromatic rings. The van der Waals surface area contributed by atoms with Gasteiger partial charge >= 0.3 is 0 Å². The van der Waals surface area contributed by atoms with Gasteiger partial charge in [-0.15, -0.1) is 5.10 Å². The molecule has 1 aromatic carbocycles. The van der Waals surface area contributed by atoms with Gasteiger partial charge in [-0.05, 0) is 45.1 Å². The van der Waals surface area contributed by atoms with Gasteiger partial charge in [0.1, 0.15) is 0 Å². The fourth-order valence-electron chi connectivity index (χ4n) is 2.63. The van der Waals surface area contributed by atoms with Crippen LogP contribution < -0.4 is 0 Å². The minimum Gasteiger partial charge on any atom is -0.466 e. The Hall–Kier alpha value is -1.88. The van der Waals surface area contributed by atoms with Crippen LogP contribution in [0.15, 0.2) is 35.4 Å². The zero-order valence-electron chi connectivity index (χ0n) is 11.7. The largest absolute Gasteiger partial charge is 0.466 e. The number of likely N-dealkylation sites (tertiary alicyclic amines) is 1. The summed E-state index contributed by atoms with van der Waals surface area (Å²) in [6.07, 6.45) is 1.93. The Balaban J connectivity index is 1.80. The number of carbonyl (C=O) groups is 1. The minimum atomic E-state index is -0.0424. The highest BCUT2D eigenvalue weighted by atomic mass is 16.5. The van der Waals surface area contributed by atoms with Gasteiger partial charge in [-0.25, -0.2) is 5.01 Å². The SMILES string of the molecule is CN1CCC(N2N=C(c3ccccc3)OCC2=O)CC1. The maximum absolute atomic E-state index is 12.0. The van der Waals surface area contributed by atoms with E-state index in [2.05, 4.69) is 17.0 Å². The van der Waals surface area contributed by atoms with Crippen LogP contribution in [0.2, 0.25) is 0 Å². The second kappa shape index (κ2) is 5.63. The Morgan fingerprint density at radius 3 is 2.60 bits per heavy atom. The normalized spacial score (nSPS) is 21.6. The summed E-state index contributed by atoms with van der Waals surface area (Å²) in [5.41, 5.74) is 0.915. The van der Waals surface area contributed by atoms with Crippen molar-refractivity contribution >= 4 is 11.8 Å². The van der Waals surface area contributed by atoms with E-state index in [9.17, 15) is 4.79 Å².